The van der Waals surface area contributed by atoms with Gasteiger partial charge in [0, 0.05) is 29.4 Å². The molecule has 2 aromatic carbocycles. The maximum Gasteiger partial charge on any atom is 0.159 e. The first-order valence-corrected chi connectivity index (χ1v) is 7.84. The van der Waals surface area contributed by atoms with Gasteiger partial charge in [-0.05, 0) is 24.1 Å². The zero-order chi connectivity index (χ0) is 14.9. The molecule has 1 aliphatic heterocycles. The molecule has 1 aliphatic carbocycles. The van der Waals surface area contributed by atoms with Crippen molar-refractivity contribution in [2.45, 2.75) is 18.8 Å². The summed E-state index contributed by atoms with van der Waals surface area (Å²) in [5.74, 6) is 1.79. The highest BCUT2D eigenvalue weighted by Crippen LogP contribution is 2.47. The predicted molar refractivity (Wildman–Crippen MR) is 86.8 cm³/mol. The number of carbonyl (C=O) groups excluding carboxylic acids is 1. The van der Waals surface area contributed by atoms with Crippen LogP contribution >= 0.6 is 0 Å². The van der Waals surface area contributed by atoms with Crippen LogP contribution in [-0.4, -0.2) is 12.4 Å². The summed E-state index contributed by atoms with van der Waals surface area (Å²) < 4.78 is 5.89. The molecule has 110 valence electrons. The van der Waals surface area contributed by atoms with Gasteiger partial charge in [-0.1, -0.05) is 48.5 Å². The highest BCUT2D eigenvalue weighted by Gasteiger charge is 2.39. The Morgan fingerprint density at radius 3 is 2.64 bits per heavy atom. The average Bonchev–Trinajstić information content (AvgIpc) is 2.58. The van der Waals surface area contributed by atoms with Crippen molar-refractivity contribution in [1.82, 2.24) is 0 Å². The van der Waals surface area contributed by atoms with Gasteiger partial charge in [0.05, 0.1) is 6.61 Å². The minimum absolute atomic E-state index is 0.173. The Labute approximate surface area is 130 Å². The Balaban J connectivity index is 1.83. The largest absolute Gasteiger partial charge is 0.493 e. The minimum atomic E-state index is 0.173. The van der Waals surface area contributed by atoms with E-state index in [1.54, 1.807) is 0 Å². The fourth-order valence-electron chi connectivity index (χ4n) is 3.62. The number of para-hydroxylation sites is 1. The Hall–Kier alpha value is -2.35. The van der Waals surface area contributed by atoms with Crippen LogP contribution in [0.1, 0.15) is 29.9 Å². The molecule has 4 rings (SSSR count). The van der Waals surface area contributed by atoms with Crippen LogP contribution in [0, 0.1) is 5.92 Å². The molecule has 1 heterocycles. The molecule has 0 spiro atoms. The first-order chi connectivity index (χ1) is 10.8. The molecule has 1 fully saturated rings. The number of carbonyl (C=O) groups is 1. The van der Waals surface area contributed by atoms with E-state index in [9.17, 15) is 4.79 Å². The van der Waals surface area contributed by atoms with Crippen LogP contribution in [0.25, 0.3) is 6.08 Å². The summed E-state index contributed by atoms with van der Waals surface area (Å²) >= 11 is 0. The molecule has 0 radical (unpaired) electrons. The van der Waals surface area contributed by atoms with E-state index in [-0.39, 0.29) is 11.7 Å². The number of fused-ring (bicyclic) bond motifs is 3. The Kier molecular flexibility index (Phi) is 3.30. The van der Waals surface area contributed by atoms with E-state index in [0.29, 0.717) is 18.9 Å². The van der Waals surface area contributed by atoms with Crippen molar-refractivity contribution >= 4 is 11.9 Å². The summed E-state index contributed by atoms with van der Waals surface area (Å²) in [7, 11) is 0. The summed E-state index contributed by atoms with van der Waals surface area (Å²) in [5.41, 5.74) is 3.20. The third-order valence-corrected chi connectivity index (χ3v) is 4.70. The van der Waals surface area contributed by atoms with E-state index in [1.807, 2.05) is 36.4 Å². The highest BCUT2D eigenvalue weighted by molar-refractivity contribution is 6.02. The highest BCUT2D eigenvalue weighted by atomic mass is 16.5. The number of ether oxygens (including phenoxy) is 1. The van der Waals surface area contributed by atoms with Crippen molar-refractivity contribution in [2.75, 3.05) is 6.61 Å². The first kappa shape index (κ1) is 13.3. The third kappa shape index (κ3) is 2.25. The van der Waals surface area contributed by atoms with Crippen molar-refractivity contribution in [3.63, 3.8) is 0 Å². The van der Waals surface area contributed by atoms with Gasteiger partial charge in [-0.2, -0.15) is 0 Å². The molecule has 2 atom stereocenters. The maximum atomic E-state index is 12.6. The fraction of sp³-hybridized carbons (Fsp3) is 0.250. The molecule has 2 nitrogen and oxygen atoms in total. The van der Waals surface area contributed by atoms with Crippen LogP contribution in [0.5, 0.6) is 5.75 Å². The van der Waals surface area contributed by atoms with E-state index >= 15 is 0 Å². The number of Topliss-reactive ketones (excluding diaryl/α,β-unsaturated/α-hetero) is 1. The van der Waals surface area contributed by atoms with Crippen LogP contribution in [0.2, 0.25) is 0 Å². The Morgan fingerprint density at radius 2 is 1.77 bits per heavy atom. The second-order valence-corrected chi connectivity index (χ2v) is 6.06. The lowest BCUT2D eigenvalue weighted by atomic mass is 9.70. The monoisotopic (exact) mass is 290 g/mol. The van der Waals surface area contributed by atoms with Crippen LogP contribution < -0.4 is 4.74 Å². The van der Waals surface area contributed by atoms with Crippen molar-refractivity contribution in [2.24, 2.45) is 5.92 Å². The second-order valence-electron chi connectivity index (χ2n) is 6.06. The topological polar surface area (TPSA) is 26.3 Å². The molecule has 0 amide bonds. The predicted octanol–water partition coefficient (Wildman–Crippen LogP) is 4.23. The van der Waals surface area contributed by atoms with Crippen molar-refractivity contribution in [3.05, 3.63) is 71.3 Å². The van der Waals surface area contributed by atoms with Crippen LogP contribution in [0.3, 0.4) is 0 Å². The van der Waals surface area contributed by atoms with Crippen molar-refractivity contribution in [3.8, 4) is 5.75 Å². The number of benzene rings is 2. The van der Waals surface area contributed by atoms with Crippen LogP contribution in [-0.2, 0) is 4.79 Å². The standard InChI is InChI=1S/C20H18O2/c21-18-11-10-15-13-22-19-9-5-4-8-16(19)20(15)17(18)12-14-6-2-1-3-7-14/h1-9,12,15,20H,10-11,13H2. The molecule has 22 heavy (non-hydrogen) atoms. The summed E-state index contributed by atoms with van der Waals surface area (Å²) in [6.45, 7) is 0.709. The number of hydrogen-bond acceptors (Lipinski definition) is 2. The molecule has 2 heteroatoms. The summed E-state index contributed by atoms with van der Waals surface area (Å²) in [6, 6.07) is 18.2. The molecule has 2 aromatic rings. The van der Waals surface area contributed by atoms with Crippen LogP contribution in [0.15, 0.2) is 60.2 Å². The van der Waals surface area contributed by atoms with E-state index < -0.39 is 0 Å². The lowest BCUT2D eigenvalue weighted by Crippen LogP contribution is -2.33. The molecule has 2 unspecified atom stereocenters. The van der Waals surface area contributed by atoms with Gasteiger partial charge >= 0.3 is 0 Å². The lowest BCUT2D eigenvalue weighted by Gasteiger charge is -2.38. The molecule has 1 saturated carbocycles. The Morgan fingerprint density at radius 1 is 1.00 bits per heavy atom. The Bertz CT molecular complexity index is 730. The van der Waals surface area contributed by atoms with Gasteiger partial charge in [-0.15, -0.1) is 0 Å². The second kappa shape index (κ2) is 5.45. The van der Waals surface area contributed by atoms with Crippen LogP contribution in [0.4, 0.5) is 0 Å². The van der Waals surface area contributed by atoms with Gasteiger partial charge in [0.1, 0.15) is 5.75 Å². The smallest absolute Gasteiger partial charge is 0.159 e. The number of hydrogen-bond donors (Lipinski definition) is 0. The SMILES string of the molecule is O=C1CCC2COc3ccccc3C2C1=Cc1ccccc1. The first-order valence-electron chi connectivity index (χ1n) is 7.84. The molecular weight excluding hydrogens is 272 g/mol. The minimum Gasteiger partial charge on any atom is -0.493 e. The normalized spacial score (nSPS) is 25.3. The number of ketones is 1. The third-order valence-electron chi connectivity index (χ3n) is 4.70. The van der Waals surface area contributed by atoms with Gasteiger partial charge < -0.3 is 4.74 Å². The van der Waals surface area contributed by atoms with Gasteiger partial charge in [0.15, 0.2) is 5.78 Å². The van der Waals surface area contributed by atoms with E-state index in [0.717, 1.165) is 28.9 Å². The summed E-state index contributed by atoms with van der Waals surface area (Å²) in [5, 5.41) is 0. The van der Waals surface area contributed by atoms with Crippen molar-refractivity contribution in [1.29, 1.82) is 0 Å². The lowest BCUT2D eigenvalue weighted by molar-refractivity contribution is -0.117. The van der Waals surface area contributed by atoms with Crippen molar-refractivity contribution < 1.29 is 9.53 Å². The maximum absolute atomic E-state index is 12.6. The zero-order valence-corrected chi connectivity index (χ0v) is 12.4. The van der Waals surface area contributed by atoms with E-state index in [1.165, 1.54) is 0 Å². The fourth-order valence-corrected chi connectivity index (χ4v) is 3.62. The molecule has 0 saturated heterocycles. The molecule has 0 bridgehead atoms. The number of rotatable bonds is 1. The molecule has 2 aliphatic rings. The van der Waals surface area contributed by atoms with Gasteiger partial charge in [0.2, 0.25) is 0 Å². The summed E-state index contributed by atoms with van der Waals surface area (Å²) in [4.78, 5) is 12.6. The summed E-state index contributed by atoms with van der Waals surface area (Å²) in [6.07, 6.45) is 3.62. The van der Waals surface area contributed by atoms with Gasteiger partial charge in [-0.3, -0.25) is 4.79 Å². The van der Waals surface area contributed by atoms with E-state index in [2.05, 4.69) is 24.3 Å². The zero-order valence-electron chi connectivity index (χ0n) is 12.4. The quantitative estimate of drug-likeness (QED) is 0.735. The van der Waals surface area contributed by atoms with Gasteiger partial charge in [-0.25, -0.2) is 0 Å². The number of allylic oxidation sites excluding steroid dienone is 1. The van der Waals surface area contributed by atoms with Gasteiger partial charge in [0.25, 0.3) is 0 Å². The molecule has 0 aromatic heterocycles. The molecule has 0 N–H and O–H groups in total. The van der Waals surface area contributed by atoms with E-state index in [4.69, 9.17) is 4.74 Å². The molecular formula is C20H18O2. The average molecular weight is 290 g/mol.